The zero-order valence-corrected chi connectivity index (χ0v) is 14.6. The van der Waals surface area contributed by atoms with E-state index in [1.165, 1.54) is 0 Å². The van der Waals surface area contributed by atoms with E-state index in [1.807, 2.05) is 0 Å². The van der Waals surface area contributed by atoms with E-state index < -0.39 is 11.0 Å². The van der Waals surface area contributed by atoms with Gasteiger partial charge >= 0.3 is 0 Å². The Labute approximate surface area is 130 Å². The molecule has 0 heterocycles. The minimum absolute atomic E-state index is 0.144. The van der Waals surface area contributed by atoms with Crippen LogP contribution in [0.4, 0.5) is 0 Å². The summed E-state index contributed by atoms with van der Waals surface area (Å²) in [5.41, 5.74) is -1.15. The zero-order valence-electron chi connectivity index (χ0n) is 14.6. The fourth-order valence-corrected chi connectivity index (χ4v) is 5.37. The van der Waals surface area contributed by atoms with E-state index in [9.17, 15) is 10.4 Å². The van der Waals surface area contributed by atoms with Crippen LogP contribution >= 0.6 is 0 Å². The summed E-state index contributed by atoms with van der Waals surface area (Å²) in [6.45, 7) is 11.3. The number of hydrogen-bond acceptors (Lipinski definition) is 2. The van der Waals surface area contributed by atoms with E-state index in [0.717, 1.165) is 50.9 Å². The van der Waals surface area contributed by atoms with E-state index in [4.69, 9.17) is 0 Å². The van der Waals surface area contributed by atoms with E-state index in [0.29, 0.717) is 11.8 Å². The molecule has 21 heavy (non-hydrogen) atoms. The summed E-state index contributed by atoms with van der Waals surface area (Å²) in [6.07, 6.45) is 6.70. The highest BCUT2D eigenvalue weighted by molar-refractivity contribution is 5.15. The highest BCUT2D eigenvalue weighted by Gasteiger charge is 2.56. The van der Waals surface area contributed by atoms with E-state index >= 15 is 0 Å². The van der Waals surface area contributed by atoms with Crippen molar-refractivity contribution in [1.29, 1.82) is 5.26 Å². The Bertz CT molecular complexity index is 412. The lowest BCUT2D eigenvalue weighted by Gasteiger charge is -2.54. The second-order valence-electron chi connectivity index (χ2n) is 9.16. The Morgan fingerprint density at radius 2 is 1.71 bits per heavy atom. The van der Waals surface area contributed by atoms with Gasteiger partial charge in [-0.2, -0.15) is 5.26 Å². The molecule has 0 aliphatic heterocycles. The smallest absolute Gasteiger partial charge is 0.0860 e. The van der Waals surface area contributed by atoms with Crippen LogP contribution in [-0.2, 0) is 0 Å². The SMILES string of the molecule is CC1CC(C)(C)CC(O)(C2(C#N)CCC(C(C)C)CC2)C1. The number of aliphatic hydroxyl groups is 1. The number of rotatable bonds is 2. The summed E-state index contributed by atoms with van der Waals surface area (Å²) >= 11 is 0. The molecule has 2 nitrogen and oxygen atoms in total. The molecule has 0 aromatic heterocycles. The molecule has 2 heteroatoms. The first kappa shape index (κ1) is 16.8. The van der Waals surface area contributed by atoms with Crippen LogP contribution in [0.3, 0.4) is 0 Å². The van der Waals surface area contributed by atoms with Gasteiger partial charge in [-0.15, -0.1) is 0 Å². The van der Waals surface area contributed by atoms with Crippen molar-refractivity contribution in [2.75, 3.05) is 0 Å². The van der Waals surface area contributed by atoms with Gasteiger partial charge in [0.15, 0.2) is 0 Å². The highest BCUT2D eigenvalue weighted by Crippen LogP contribution is 2.56. The van der Waals surface area contributed by atoms with E-state index in [1.54, 1.807) is 0 Å². The minimum atomic E-state index is -0.787. The van der Waals surface area contributed by atoms with Crippen LogP contribution in [-0.4, -0.2) is 10.7 Å². The third-order valence-electron chi connectivity index (χ3n) is 6.29. The van der Waals surface area contributed by atoms with Crippen molar-refractivity contribution in [3.63, 3.8) is 0 Å². The molecule has 1 N–H and O–H groups in total. The van der Waals surface area contributed by atoms with Crippen molar-refractivity contribution in [2.45, 2.75) is 85.2 Å². The molecule has 2 fully saturated rings. The predicted molar refractivity (Wildman–Crippen MR) is 86.6 cm³/mol. The fourth-order valence-electron chi connectivity index (χ4n) is 5.37. The van der Waals surface area contributed by atoms with Gasteiger partial charge in [0.2, 0.25) is 0 Å². The van der Waals surface area contributed by atoms with Crippen LogP contribution in [0.15, 0.2) is 0 Å². The fraction of sp³-hybridized carbons (Fsp3) is 0.947. The maximum Gasteiger partial charge on any atom is 0.0860 e. The second-order valence-corrected chi connectivity index (χ2v) is 9.16. The lowest BCUT2D eigenvalue weighted by Crippen LogP contribution is -2.55. The summed E-state index contributed by atoms with van der Waals surface area (Å²) in [6, 6.07) is 2.60. The molecule has 0 spiro atoms. The predicted octanol–water partition coefficient (Wildman–Crippen LogP) is 4.92. The third-order valence-corrected chi connectivity index (χ3v) is 6.29. The first-order valence-corrected chi connectivity index (χ1v) is 8.77. The Balaban J connectivity index is 2.23. The van der Waals surface area contributed by atoms with Crippen LogP contribution in [0.25, 0.3) is 0 Å². The molecular formula is C19H33NO. The van der Waals surface area contributed by atoms with E-state index in [-0.39, 0.29) is 5.41 Å². The first-order chi connectivity index (χ1) is 9.63. The van der Waals surface area contributed by atoms with Gasteiger partial charge in [0.05, 0.1) is 17.1 Å². The molecule has 0 bridgehead atoms. The van der Waals surface area contributed by atoms with Gasteiger partial charge in [-0.25, -0.2) is 0 Å². The summed E-state index contributed by atoms with van der Waals surface area (Å²) < 4.78 is 0. The Morgan fingerprint density at radius 1 is 1.14 bits per heavy atom. The average molecular weight is 291 g/mol. The number of nitrogens with zero attached hydrogens (tertiary/aromatic N) is 1. The van der Waals surface area contributed by atoms with Crippen LogP contribution in [0, 0.1) is 39.9 Å². The van der Waals surface area contributed by atoms with Crippen molar-refractivity contribution >= 4 is 0 Å². The van der Waals surface area contributed by atoms with E-state index in [2.05, 4.69) is 40.7 Å². The van der Waals surface area contributed by atoms with Gasteiger partial charge in [0, 0.05) is 0 Å². The molecule has 2 unspecified atom stereocenters. The number of hydrogen-bond donors (Lipinski definition) is 1. The molecule has 2 aliphatic rings. The first-order valence-electron chi connectivity index (χ1n) is 8.77. The summed E-state index contributed by atoms with van der Waals surface area (Å²) in [5.74, 6) is 1.92. The minimum Gasteiger partial charge on any atom is -0.388 e. The molecule has 0 aromatic rings. The molecule has 2 rings (SSSR count). The summed E-state index contributed by atoms with van der Waals surface area (Å²) in [7, 11) is 0. The van der Waals surface area contributed by atoms with Gasteiger partial charge < -0.3 is 5.11 Å². The van der Waals surface area contributed by atoms with Crippen LogP contribution < -0.4 is 0 Å². The Kier molecular flexibility index (Phi) is 4.47. The molecule has 0 saturated heterocycles. The summed E-state index contributed by atoms with van der Waals surface area (Å²) in [4.78, 5) is 0. The van der Waals surface area contributed by atoms with Crippen molar-refractivity contribution in [2.24, 2.45) is 28.6 Å². The van der Waals surface area contributed by atoms with Crippen LogP contribution in [0.5, 0.6) is 0 Å². The van der Waals surface area contributed by atoms with Gasteiger partial charge in [-0.3, -0.25) is 0 Å². The monoisotopic (exact) mass is 291 g/mol. The number of nitriles is 1. The molecule has 2 saturated carbocycles. The van der Waals surface area contributed by atoms with Gasteiger partial charge in [-0.1, -0.05) is 34.6 Å². The molecule has 0 radical (unpaired) electrons. The quantitative estimate of drug-likeness (QED) is 0.784. The van der Waals surface area contributed by atoms with Crippen molar-refractivity contribution in [3.8, 4) is 6.07 Å². The molecule has 0 aromatic carbocycles. The van der Waals surface area contributed by atoms with Gasteiger partial charge in [0.1, 0.15) is 0 Å². The third kappa shape index (κ3) is 3.14. The van der Waals surface area contributed by atoms with Gasteiger partial charge in [-0.05, 0) is 68.1 Å². The van der Waals surface area contributed by atoms with Crippen molar-refractivity contribution in [1.82, 2.24) is 0 Å². The zero-order chi connectivity index (χ0) is 15.9. The molecular weight excluding hydrogens is 258 g/mol. The Morgan fingerprint density at radius 3 is 2.14 bits per heavy atom. The van der Waals surface area contributed by atoms with Crippen molar-refractivity contribution in [3.05, 3.63) is 0 Å². The van der Waals surface area contributed by atoms with Crippen LogP contribution in [0.2, 0.25) is 0 Å². The topological polar surface area (TPSA) is 44.0 Å². The largest absolute Gasteiger partial charge is 0.388 e. The molecule has 0 amide bonds. The standard InChI is InChI=1S/C19H33NO/c1-14(2)16-6-8-18(13-20,9-7-16)19(21)11-15(3)10-17(4,5)12-19/h14-16,21H,6-12H2,1-5H3. The van der Waals surface area contributed by atoms with Crippen LogP contribution in [0.1, 0.15) is 79.6 Å². The summed E-state index contributed by atoms with van der Waals surface area (Å²) in [5, 5.41) is 21.4. The molecule has 120 valence electrons. The maximum atomic E-state index is 11.5. The molecule has 2 aliphatic carbocycles. The lowest BCUT2D eigenvalue weighted by atomic mass is 9.52. The maximum absolute atomic E-state index is 11.5. The Hall–Kier alpha value is -0.550. The lowest BCUT2D eigenvalue weighted by molar-refractivity contribution is -0.141. The van der Waals surface area contributed by atoms with Gasteiger partial charge in [0.25, 0.3) is 0 Å². The average Bonchev–Trinajstić information content (AvgIpc) is 2.35. The molecule has 2 atom stereocenters. The van der Waals surface area contributed by atoms with Crippen molar-refractivity contribution < 1.29 is 5.11 Å². The normalized spacial score (nSPS) is 43.5. The highest BCUT2D eigenvalue weighted by atomic mass is 16.3. The second kappa shape index (κ2) is 5.58.